The van der Waals surface area contributed by atoms with Crippen molar-refractivity contribution in [2.45, 2.75) is 18.7 Å². The summed E-state index contributed by atoms with van der Waals surface area (Å²) >= 11 is 3.58. The molecule has 0 unspecified atom stereocenters. The quantitative estimate of drug-likeness (QED) is 0.686. The van der Waals surface area contributed by atoms with E-state index in [1.807, 2.05) is 8.93 Å². The second-order valence-electron chi connectivity index (χ2n) is 3.84. The van der Waals surface area contributed by atoms with Crippen molar-refractivity contribution in [3.8, 4) is 0 Å². The summed E-state index contributed by atoms with van der Waals surface area (Å²) in [6, 6.07) is 15.2. The summed E-state index contributed by atoms with van der Waals surface area (Å²) in [5.74, 6) is 0. The van der Waals surface area contributed by atoms with Gasteiger partial charge in [0.25, 0.3) is 0 Å². The summed E-state index contributed by atoms with van der Waals surface area (Å²) in [7, 11) is 2.00. The number of halogens is 2. The van der Waals surface area contributed by atoms with Crippen LogP contribution in [0.3, 0.4) is 0 Å². The van der Waals surface area contributed by atoms with E-state index in [-0.39, 0.29) is 19.8 Å². The Kier molecular flexibility index (Phi) is 4.94. The van der Waals surface area contributed by atoms with E-state index in [0.717, 1.165) is 0 Å². The fraction of sp³-hybridized carbons (Fsp3) is 0.143. The topological polar surface area (TPSA) is 0 Å². The summed E-state index contributed by atoms with van der Waals surface area (Å²) in [5.41, 5.74) is 2.73. The van der Waals surface area contributed by atoms with Gasteiger partial charge in [0.05, 0.1) is 0 Å². The van der Waals surface area contributed by atoms with Gasteiger partial charge in [-0.05, 0) is 0 Å². The van der Waals surface area contributed by atoms with E-state index < -0.39 is 0 Å². The van der Waals surface area contributed by atoms with Gasteiger partial charge in [0.2, 0.25) is 0 Å². The second-order valence-corrected chi connectivity index (χ2v) is 9.24. The number of hydrogen-bond donors (Lipinski definition) is 0. The van der Waals surface area contributed by atoms with Crippen molar-refractivity contribution >= 4 is 24.9 Å². The van der Waals surface area contributed by atoms with Gasteiger partial charge in [0.15, 0.2) is 0 Å². The van der Waals surface area contributed by atoms with Crippen molar-refractivity contribution in [2.24, 2.45) is 0 Å². The standard InChI is InChI=1S/C14H13BrIS/c1-10-7-8-14(11(2)9-10)17-16-13-6-4-3-5-12(13)15/h3-9H,1-2H3/q-1. The molecule has 0 spiro atoms. The third kappa shape index (κ3) is 3.73. The van der Waals surface area contributed by atoms with E-state index in [2.05, 4.69) is 72.2 Å². The van der Waals surface area contributed by atoms with E-state index in [9.17, 15) is 0 Å². The molecule has 0 aliphatic carbocycles. The molecule has 2 aromatic rings. The van der Waals surface area contributed by atoms with Crippen LogP contribution >= 0.6 is 24.9 Å². The van der Waals surface area contributed by atoms with Crippen LogP contribution in [0.15, 0.2) is 51.8 Å². The summed E-state index contributed by atoms with van der Waals surface area (Å²) < 4.78 is 2.70. The average molecular weight is 420 g/mol. The third-order valence-corrected chi connectivity index (χ3v) is 9.11. The van der Waals surface area contributed by atoms with Gasteiger partial charge in [0, 0.05) is 0 Å². The van der Waals surface area contributed by atoms with Crippen LogP contribution in [0.4, 0.5) is 0 Å². The number of aryl methyl sites for hydroxylation is 2. The Morgan fingerprint density at radius 2 is 1.82 bits per heavy atom. The SMILES string of the molecule is Cc1ccc(S[I-]c2ccccc2Br)c(C)c1. The molecule has 3 heteroatoms. The van der Waals surface area contributed by atoms with Crippen LogP contribution in [0.25, 0.3) is 0 Å². The summed E-state index contributed by atoms with van der Waals surface area (Å²) in [6.45, 7) is 4.34. The minimum atomic E-state index is -0.0305. The number of rotatable bonds is 3. The molecule has 0 aliphatic heterocycles. The first kappa shape index (κ1) is 13.4. The van der Waals surface area contributed by atoms with Gasteiger partial charge in [-0.2, -0.15) is 0 Å². The van der Waals surface area contributed by atoms with E-state index in [4.69, 9.17) is 0 Å². The zero-order chi connectivity index (χ0) is 12.3. The molecular weight excluding hydrogens is 407 g/mol. The van der Waals surface area contributed by atoms with Crippen LogP contribution in [-0.2, 0) is 0 Å². The molecule has 0 heterocycles. The predicted molar refractivity (Wildman–Crippen MR) is 74.6 cm³/mol. The summed E-state index contributed by atoms with van der Waals surface area (Å²) in [6.07, 6.45) is 0. The van der Waals surface area contributed by atoms with Gasteiger partial charge in [-0.15, -0.1) is 0 Å². The van der Waals surface area contributed by atoms with Gasteiger partial charge in [-0.1, -0.05) is 0 Å². The predicted octanol–water partition coefficient (Wildman–Crippen LogP) is 2.03. The Labute approximate surface area is 124 Å². The van der Waals surface area contributed by atoms with Crippen molar-refractivity contribution in [1.82, 2.24) is 0 Å². The molecule has 0 N–H and O–H groups in total. The second kappa shape index (κ2) is 6.25. The molecule has 0 aromatic heterocycles. The van der Waals surface area contributed by atoms with Gasteiger partial charge in [0.1, 0.15) is 0 Å². The van der Waals surface area contributed by atoms with Gasteiger partial charge < -0.3 is 0 Å². The van der Waals surface area contributed by atoms with Crippen LogP contribution in [0.1, 0.15) is 11.1 Å². The van der Waals surface area contributed by atoms with Gasteiger partial charge in [-0.3, -0.25) is 0 Å². The molecule has 17 heavy (non-hydrogen) atoms. The molecule has 0 aliphatic rings. The van der Waals surface area contributed by atoms with Gasteiger partial charge in [-0.25, -0.2) is 0 Å². The van der Waals surface area contributed by atoms with Crippen molar-refractivity contribution in [3.05, 3.63) is 61.6 Å². The molecule has 0 radical (unpaired) electrons. The summed E-state index contributed by atoms with van der Waals surface area (Å²) in [5, 5.41) is 0. The van der Waals surface area contributed by atoms with Crippen LogP contribution in [-0.4, -0.2) is 0 Å². The maximum atomic E-state index is 3.61. The first-order valence-electron chi connectivity index (χ1n) is 5.30. The third-order valence-electron chi connectivity index (χ3n) is 2.36. The van der Waals surface area contributed by atoms with E-state index in [0.29, 0.717) is 0 Å². The number of benzene rings is 2. The molecule has 0 fully saturated rings. The van der Waals surface area contributed by atoms with E-state index in [1.165, 1.54) is 24.1 Å². The monoisotopic (exact) mass is 419 g/mol. The summed E-state index contributed by atoms with van der Waals surface area (Å²) in [4.78, 5) is 1.42. The molecular formula is C14H13BrIS-. The Morgan fingerprint density at radius 3 is 2.53 bits per heavy atom. The van der Waals surface area contributed by atoms with Gasteiger partial charge >= 0.3 is 125 Å². The molecule has 0 bridgehead atoms. The Bertz CT molecular complexity index is 525. The first-order valence-corrected chi connectivity index (χ1v) is 10.5. The van der Waals surface area contributed by atoms with Crippen LogP contribution in [0.2, 0.25) is 0 Å². The first-order chi connectivity index (χ1) is 8.16. The molecule has 0 saturated heterocycles. The fourth-order valence-electron chi connectivity index (χ4n) is 1.47. The Hall–Kier alpha value is -0.000000000000000111. The number of hydrogen-bond acceptors (Lipinski definition) is 1. The molecule has 90 valence electrons. The van der Waals surface area contributed by atoms with Crippen molar-refractivity contribution in [2.75, 3.05) is 0 Å². The molecule has 0 amide bonds. The minimum absolute atomic E-state index is 0.0305. The van der Waals surface area contributed by atoms with Crippen molar-refractivity contribution < 1.29 is 19.8 Å². The molecule has 0 atom stereocenters. The Morgan fingerprint density at radius 1 is 1.06 bits per heavy atom. The van der Waals surface area contributed by atoms with Crippen LogP contribution in [0.5, 0.6) is 0 Å². The fourth-order valence-corrected chi connectivity index (χ4v) is 7.94. The molecule has 0 nitrogen and oxygen atoms in total. The van der Waals surface area contributed by atoms with E-state index in [1.54, 1.807) is 0 Å². The maximum absolute atomic E-state index is 3.61. The average Bonchev–Trinajstić information content (AvgIpc) is 2.30. The molecule has 2 aromatic carbocycles. The van der Waals surface area contributed by atoms with Crippen LogP contribution < -0.4 is 19.8 Å². The zero-order valence-corrected chi connectivity index (χ0v) is 14.3. The van der Waals surface area contributed by atoms with Crippen molar-refractivity contribution in [3.63, 3.8) is 0 Å². The molecule has 0 saturated carbocycles. The molecule has 2 rings (SSSR count). The van der Waals surface area contributed by atoms with Crippen molar-refractivity contribution in [1.29, 1.82) is 0 Å². The van der Waals surface area contributed by atoms with E-state index >= 15 is 0 Å². The van der Waals surface area contributed by atoms with Crippen LogP contribution in [0, 0.1) is 17.4 Å². The Balaban J connectivity index is 2.10. The zero-order valence-electron chi connectivity index (χ0n) is 9.71. The normalized spacial score (nSPS) is 10.8.